The van der Waals surface area contributed by atoms with Crippen molar-refractivity contribution in [2.75, 3.05) is 13.2 Å². The molecular formula is C12H14O5. The van der Waals surface area contributed by atoms with Gasteiger partial charge in [-0.05, 0) is 23.8 Å². The van der Waals surface area contributed by atoms with E-state index in [1.54, 1.807) is 6.07 Å². The maximum absolute atomic E-state index is 11.1. The van der Waals surface area contributed by atoms with Crippen LogP contribution in [0.1, 0.15) is 12.0 Å². The summed E-state index contributed by atoms with van der Waals surface area (Å²) in [5.41, 5.74) is 0.569. The fraction of sp³-hybridized carbons (Fsp3) is 0.250. The van der Waals surface area contributed by atoms with Gasteiger partial charge >= 0.3 is 5.97 Å². The third-order valence-corrected chi connectivity index (χ3v) is 1.96. The summed E-state index contributed by atoms with van der Waals surface area (Å²) < 4.78 is 4.76. The quantitative estimate of drug-likeness (QED) is 0.309. The van der Waals surface area contributed by atoms with Crippen LogP contribution in [0, 0.1) is 0 Å². The highest BCUT2D eigenvalue weighted by Gasteiger charge is 1.99. The summed E-state index contributed by atoms with van der Waals surface area (Å²) in [4.78, 5) is 11.1. The van der Waals surface area contributed by atoms with Crippen LogP contribution in [0.5, 0.6) is 11.5 Å². The summed E-state index contributed by atoms with van der Waals surface area (Å²) in [6.45, 7) is 0.142. The van der Waals surface area contributed by atoms with Gasteiger partial charge in [0.1, 0.15) is 0 Å². The SMILES string of the molecule is O=C(/C=C\c1ccc(O)c(O)c1)OCCCO. The zero-order chi connectivity index (χ0) is 12.7. The summed E-state index contributed by atoms with van der Waals surface area (Å²) in [6.07, 6.45) is 3.07. The van der Waals surface area contributed by atoms with Gasteiger partial charge in [0, 0.05) is 19.1 Å². The summed E-state index contributed by atoms with van der Waals surface area (Å²) in [5.74, 6) is -0.987. The second kappa shape index (κ2) is 6.55. The molecule has 5 heteroatoms. The highest BCUT2D eigenvalue weighted by Crippen LogP contribution is 2.25. The maximum Gasteiger partial charge on any atom is 0.330 e. The second-order valence-electron chi connectivity index (χ2n) is 3.33. The number of aliphatic hydroxyl groups excluding tert-OH is 1. The molecule has 0 fully saturated rings. The van der Waals surface area contributed by atoms with Crippen molar-refractivity contribution in [2.45, 2.75) is 6.42 Å². The molecule has 17 heavy (non-hydrogen) atoms. The molecule has 0 unspecified atom stereocenters. The predicted molar refractivity (Wildman–Crippen MR) is 61.5 cm³/mol. The number of carbonyl (C=O) groups excluding carboxylic acids is 1. The minimum Gasteiger partial charge on any atom is -0.504 e. The average molecular weight is 238 g/mol. The van der Waals surface area contributed by atoms with Crippen LogP contribution in [-0.4, -0.2) is 34.5 Å². The zero-order valence-corrected chi connectivity index (χ0v) is 9.17. The Balaban J connectivity index is 2.52. The fourth-order valence-corrected chi connectivity index (χ4v) is 1.09. The van der Waals surface area contributed by atoms with Crippen LogP contribution in [0.2, 0.25) is 0 Å². The number of esters is 1. The molecule has 0 radical (unpaired) electrons. The Morgan fingerprint density at radius 1 is 1.29 bits per heavy atom. The van der Waals surface area contributed by atoms with Crippen molar-refractivity contribution < 1.29 is 24.9 Å². The smallest absolute Gasteiger partial charge is 0.330 e. The van der Waals surface area contributed by atoms with E-state index in [1.807, 2.05) is 0 Å². The van der Waals surface area contributed by atoms with Gasteiger partial charge in [-0.3, -0.25) is 0 Å². The van der Waals surface area contributed by atoms with Gasteiger partial charge in [-0.25, -0.2) is 4.79 Å². The molecule has 0 saturated heterocycles. The van der Waals surface area contributed by atoms with Gasteiger partial charge in [-0.1, -0.05) is 6.07 Å². The molecule has 3 N–H and O–H groups in total. The predicted octanol–water partition coefficient (Wildman–Crippen LogP) is 1.04. The number of aromatic hydroxyl groups is 2. The first kappa shape index (κ1) is 13.1. The van der Waals surface area contributed by atoms with Gasteiger partial charge in [-0.15, -0.1) is 0 Å². The highest BCUT2D eigenvalue weighted by atomic mass is 16.5. The van der Waals surface area contributed by atoms with E-state index >= 15 is 0 Å². The first-order valence-electron chi connectivity index (χ1n) is 5.11. The lowest BCUT2D eigenvalue weighted by Gasteiger charge is -2.00. The number of hydrogen-bond acceptors (Lipinski definition) is 5. The first-order chi connectivity index (χ1) is 8.13. The Kier molecular flexibility index (Phi) is 5.03. The molecule has 0 saturated carbocycles. The van der Waals surface area contributed by atoms with Gasteiger partial charge in [0.2, 0.25) is 0 Å². The number of phenols is 2. The number of rotatable bonds is 5. The Morgan fingerprint density at radius 3 is 2.71 bits per heavy atom. The van der Waals surface area contributed by atoms with Crippen LogP contribution in [0.4, 0.5) is 0 Å². The number of hydrogen-bond donors (Lipinski definition) is 3. The van der Waals surface area contributed by atoms with E-state index in [9.17, 15) is 9.90 Å². The topological polar surface area (TPSA) is 87.0 Å². The Labute approximate surface area is 98.6 Å². The number of aliphatic hydroxyl groups is 1. The van der Waals surface area contributed by atoms with E-state index in [2.05, 4.69) is 0 Å². The molecule has 0 heterocycles. The van der Waals surface area contributed by atoms with Crippen LogP contribution in [0.3, 0.4) is 0 Å². The molecule has 5 nitrogen and oxygen atoms in total. The average Bonchev–Trinajstić information content (AvgIpc) is 2.31. The van der Waals surface area contributed by atoms with Gasteiger partial charge in [-0.2, -0.15) is 0 Å². The molecule has 1 rings (SSSR count). The standard InChI is InChI=1S/C12H14O5/c13-6-1-7-17-12(16)5-3-9-2-4-10(14)11(15)8-9/h2-5,8,13-15H,1,6-7H2/b5-3-. The van der Waals surface area contributed by atoms with E-state index < -0.39 is 5.97 Å². The minimum atomic E-state index is -0.522. The van der Waals surface area contributed by atoms with Crippen molar-refractivity contribution in [3.63, 3.8) is 0 Å². The van der Waals surface area contributed by atoms with E-state index in [4.69, 9.17) is 14.9 Å². The van der Waals surface area contributed by atoms with Crippen molar-refractivity contribution in [3.8, 4) is 11.5 Å². The van der Waals surface area contributed by atoms with Crippen molar-refractivity contribution in [2.24, 2.45) is 0 Å². The van der Waals surface area contributed by atoms with E-state index in [-0.39, 0.29) is 24.7 Å². The summed E-state index contributed by atoms with van der Waals surface area (Å²) in [6, 6.07) is 4.20. The van der Waals surface area contributed by atoms with Crippen molar-refractivity contribution in [1.82, 2.24) is 0 Å². The third kappa shape index (κ3) is 4.56. The molecule has 0 aliphatic carbocycles. The second-order valence-corrected chi connectivity index (χ2v) is 3.33. The van der Waals surface area contributed by atoms with Crippen LogP contribution in [0.15, 0.2) is 24.3 Å². The Morgan fingerprint density at radius 2 is 2.06 bits per heavy atom. The first-order valence-corrected chi connectivity index (χ1v) is 5.11. The fourth-order valence-electron chi connectivity index (χ4n) is 1.09. The summed E-state index contributed by atoms with van der Waals surface area (Å²) in [7, 11) is 0. The number of carbonyl (C=O) groups is 1. The number of benzene rings is 1. The molecule has 1 aromatic carbocycles. The molecule has 0 atom stereocenters. The van der Waals surface area contributed by atoms with Crippen LogP contribution >= 0.6 is 0 Å². The van der Waals surface area contributed by atoms with Crippen LogP contribution in [0.25, 0.3) is 6.08 Å². The lowest BCUT2D eigenvalue weighted by atomic mass is 10.2. The zero-order valence-electron chi connectivity index (χ0n) is 9.17. The Hall–Kier alpha value is -2.01. The largest absolute Gasteiger partial charge is 0.504 e. The van der Waals surface area contributed by atoms with E-state index in [1.165, 1.54) is 24.3 Å². The van der Waals surface area contributed by atoms with Gasteiger partial charge in [0.15, 0.2) is 11.5 Å². The highest BCUT2D eigenvalue weighted by molar-refractivity contribution is 5.87. The summed E-state index contributed by atoms with van der Waals surface area (Å²) >= 11 is 0. The Bertz CT molecular complexity index is 411. The normalized spacial score (nSPS) is 10.6. The van der Waals surface area contributed by atoms with Crippen molar-refractivity contribution in [3.05, 3.63) is 29.8 Å². The van der Waals surface area contributed by atoms with Gasteiger partial charge < -0.3 is 20.1 Å². The number of phenolic OH excluding ortho intramolecular Hbond substituents is 2. The molecule has 0 aliphatic rings. The summed E-state index contributed by atoms with van der Waals surface area (Å²) in [5, 5.41) is 26.8. The molecule has 0 spiro atoms. The molecule has 0 bridgehead atoms. The lowest BCUT2D eigenvalue weighted by Crippen LogP contribution is -2.03. The van der Waals surface area contributed by atoms with Gasteiger partial charge in [0.25, 0.3) is 0 Å². The molecule has 0 amide bonds. The lowest BCUT2D eigenvalue weighted by molar-refractivity contribution is -0.137. The maximum atomic E-state index is 11.1. The van der Waals surface area contributed by atoms with Crippen LogP contribution in [-0.2, 0) is 9.53 Å². The van der Waals surface area contributed by atoms with Gasteiger partial charge in [0.05, 0.1) is 6.61 Å². The van der Waals surface area contributed by atoms with Crippen molar-refractivity contribution in [1.29, 1.82) is 0 Å². The van der Waals surface area contributed by atoms with E-state index in [0.717, 1.165) is 0 Å². The molecule has 1 aromatic rings. The van der Waals surface area contributed by atoms with Crippen molar-refractivity contribution >= 4 is 12.0 Å². The third-order valence-electron chi connectivity index (χ3n) is 1.96. The minimum absolute atomic E-state index is 0.0250. The molecule has 0 aromatic heterocycles. The molecule has 0 aliphatic heterocycles. The van der Waals surface area contributed by atoms with E-state index in [0.29, 0.717) is 12.0 Å². The molecule has 92 valence electrons. The molecular weight excluding hydrogens is 224 g/mol. The number of ether oxygens (including phenoxy) is 1. The van der Waals surface area contributed by atoms with Crippen LogP contribution < -0.4 is 0 Å². The monoisotopic (exact) mass is 238 g/mol.